The number of nitrogens with zero attached hydrogens (tertiary/aromatic N) is 1. The number of carbonyl (C=O) groups excluding carboxylic acids is 1. The largest absolute Gasteiger partial charge is 0.370 e. The van der Waals surface area contributed by atoms with Crippen LogP contribution in [0.1, 0.15) is 22.0 Å². The van der Waals surface area contributed by atoms with Crippen molar-refractivity contribution in [1.82, 2.24) is 4.90 Å². The third-order valence-electron chi connectivity index (χ3n) is 3.69. The zero-order valence-corrected chi connectivity index (χ0v) is 13.3. The molecule has 1 heterocycles. The molecule has 0 aliphatic carbocycles. The Hall–Kier alpha value is -1.55. The second kappa shape index (κ2) is 6.69. The number of hydrogen-bond donors (Lipinski definition) is 0. The van der Waals surface area contributed by atoms with Crippen LogP contribution in [-0.2, 0) is 4.74 Å². The number of rotatable bonds is 2. The predicted octanol–water partition coefficient (Wildman–Crippen LogP) is 4.21. The van der Waals surface area contributed by atoms with Crippen molar-refractivity contribution in [1.29, 1.82) is 0 Å². The van der Waals surface area contributed by atoms with Gasteiger partial charge in [-0.2, -0.15) is 0 Å². The quantitative estimate of drug-likeness (QED) is 0.822. The number of ether oxygens (including phenoxy) is 1. The van der Waals surface area contributed by atoms with E-state index in [2.05, 4.69) is 0 Å². The van der Waals surface area contributed by atoms with Crippen LogP contribution in [0.15, 0.2) is 48.5 Å². The highest BCUT2D eigenvalue weighted by Gasteiger charge is 2.26. The Kier molecular flexibility index (Phi) is 4.67. The van der Waals surface area contributed by atoms with E-state index in [1.54, 1.807) is 23.1 Å². The smallest absolute Gasteiger partial charge is 0.254 e. The van der Waals surface area contributed by atoms with Crippen LogP contribution >= 0.6 is 23.2 Å². The molecule has 1 fully saturated rings. The first-order chi connectivity index (χ1) is 10.6. The standard InChI is InChI=1S/C17H15Cl2NO2/c18-14-7-6-13(10-15(14)19)17(21)20-8-9-22-16(11-20)12-4-2-1-3-5-12/h1-7,10,16H,8-9,11H2/t16-/m1/s1. The van der Waals surface area contributed by atoms with Crippen LogP contribution in [0.3, 0.4) is 0 Å². The second-order valence-electron chi connectivity index (χ2n) is 5.15. The van der Waals surface area contributed by atoms with Gasteiger partial charge in [-0.15, -0.1) is 0 Å². The Morgan fingerprint density at radius 3 is 2.59 bits per heavy atom. The van der Waals surface area contributed by atoms with E-state index >= 15 is 0 Å². The van der Waals surface area contributed by atoms with Gasteiger partial charge in [-0.25, -0.2) is 0 Å². The fraction of sp³-hybridized carbons (Fsp3) is 0.235. The number of amides is 1. The number of halogens is 2. The van der Waals surface area contributed by atoms with Crippen molar-refractivity contribution in [3.63, 3.8) is 0 Å². The molecule has 22 heavy (non-hydrogen) atoms. The van der Waals surface area contributed by atoms with Crippen molar-refractivity contribution in [2.24, 2.45) is 0 Å². The summed E-state index contributed by atoms with van der Waals surface area (Å²) >= 11 is 11.9. The van der Waals surface area contributed by atoms with E-state index in [1.165, 1.54) is 0 Å². The molecule has 0 aromatic heterocycles. The van der Waals surface area contributed by atoms with Crippen LogP contribution in [-0.4, -0.2) is 30.5 Å². The van der Waals surface area contributed by atoms with Gasteiger partial charge in [0.2, 0.25) is 0 Å². The molecule has 0 radical (unpaired) electrons. The molecule has 5 heteroatoms. The average Bonchev–Trinajstić information content (AvgIpc) is 2.57. The summed E-state index contributed by atoms with van der Waals surface area (Å²) in [6, 6.07) is 14.9. The Morgan fingerprint density at radius 1 is 1.09 bits per heavy atom. The zero-order chi connectivity index (χ0) is 15.5. The maximum Gasteiger partial charge on any atom is 0.254 e. The van der Waals surface area contributed by atoms with Crippen LogP contribution < -0.4 is 0 Å². The number of hydrogen-bond acceptors (Lipinski definition) is 2. The summed E-state index contributed by atoms with van der Waals surface area (Å²) in [5.41, 5.74) is 1.62. The molecule has 1 amide bonds. The summed E-state index contributed by atoms with van der Waals surface area (Å²) in [7, 11) is 0. The van der Waals surface area contributed by atoms with E-state index in [0.717, 1.165) is 5.56 Å². The summed E-state index contributed by atoms with van der Waals surface area (Å²) in [6.45, 7) is 1.62. The molecule has 1 aliphatic rings. The van der Waals surface area contributed by atoms with Crippen molar-refractivity contribution in [3.8, 4) is 0 Å². The van der Waals surface area contributed by atoms with Crippen LogP contribution in [0.25, 0.3) is 0 Å². The minimum absolute atomic E-state index is 0.0530. The minimum atomic E-state index is -0.0957. The van der Waals surface area contributed by atoms with Crippen molar-refractivity contribution >= 4 is 29.1 Å². The second-order valence-corrected chi connectivity index (χ2v) is 5.96. The van der Waals surface area contributed by atoms with E-state index in [4.69, 9.17) is 27.9 Å². The van der Waals surface area contributed by atoms with Gasteiger partial charge in [-0.1, -0.05) is 53.5 Å². The molecule has 0 spiro atoms. The van der Waals surface area contributed by atoms with E-state index in [0.29, 0.717) is 35.3 Å². The van der Waals surface area contributed by atoms with E-state index < -0.39 is 0 Å². The van der Waals surface area contributed by atoms with Crippen molar-refractivity contribution in [2.75, 3.05) is 19.7 Å². The molecule has 0 bridgehead atoms. The Morgan fingerprint density at radius 2 is 1.86 bits per heavy atom. The average molecular weight is 336 g/mol. The highest BCUT2D eigenvalue weighted by molar-refractivity contribution is 6.42. The summed E-state index contributed by atoms with van der Waals surface area (Å²) in [4.78, 5) is 14.4. The molecule has 3 nitrogen and oxygen atoms in total. The molecular weight excluding hydrogens is 321 g/mol. The van der Waals surface area contributed by atoms with Gasteiger partial charge >= 0.3 is 0 Å². The lowest BCUT2D eigenvalue weighted by Gasteiger charge is -2.33. The van der Waals surface area contributed by atoms with E-state index in [1.807, 2.05) is 30.3 Å². The lowest BCUT2D eigenvalue weighted by Crippen LogP contribution is -2.42. The van der Waals surface area contributed by atoms with Gasteiger partial charge in [-0.3, -0.25) is 4.79 Å². The fourth-order valence-corrected chi connectivity index (χ4v) is 2.81. The third-order valence-corrected chi connectivity index (χ3v) is 4.43. The zero-order valence-electron chi connectivity index (χ0n) is 11.8. The number of morpholine rings is 1. The highest BCUT2D eigenvalue weighted by Crippen LogP contribution is 2.26. The van der Waals surface area contributed by atoms with Gasteiger partial charge in [0.05, 0.1) is 23.2 Å². The van der Waals surface area contributed by atoms with Gasteiger partial charge in [0.15, 0.2) is 0 Å². The Bertz CT molecular complexity index is 676. The monoisotopic (exact) mass is 335 g/mol. The van der Waals surface area contributed by atoms with Crippen LogP contribution in [0.2, 0.25) is 10.0 Å². The van der Waals surface area contributed by atoms with Crippen LogP contribution in [0.4, 0.5) is 0 Å². The molecule has 1 aliphatic heterocycles. The molecule has 1 atom stereocenters. The summed E-state index contributed by atoms with van der Waals surface area (Å²) < 4.78 is 5.78. The van der Waals surface area contributed by atoms with Gasteiger partial charge < -0.3 is 9.64 Å². The SMILES string of the molecule is O=C(c1ccc(Cl)c(Cl)c1)N1CCO[C@@H](c2ccccc2)C1. The maximum absolute atomic E-state index is 12.6. The summed E-state index contributed by atoms with van der Waals surface area (Å²) in [5, 5.41) is 0.836. The molecule has 2 aromatic carbocycles. The normalized spacial score (nSPS) is 18.3. The van der Waals surface area contributed by atoms with E-state index in [9.17, 15) is 4.79 Å². The van der Waals surface area contributed by atoms with Crippen molar-refractivity contribution in [3.05, 3.63) is 69.7 Å². The van der Waals surface area contributed by atoms with Gasteiger partial charge in [0, 0.05) is 12.1 Å². The first-order valence-corrected chi connectivity index (χ1v) is 7.81. The van der Waals surface area contributed by atoms with Crippen molar-refractivity contribution in [2.45, 2.75) is 6.10 Å². The predicted molar refractivity (Wildman–Crippen MR) is 87.5 cm³/mol. The van der Waals surface area contributed by atoms with Gasteiger partial charge in [0.1, 0.15) is 6.10 Å². The third kappa shape index (κ3) is 3.27. The Labute approximate surface area is 139 Å². The first kappa shape index (κ1) is 15.3. The minimum Gasteiger partial charge on any atom is -0.370 e. The lowest BCUT2D eigenvalue weighted by molar-refractivity contribution is -0.0228. The lowest BCUT2D eigenvalue weighted by atomic mass is 10.1. The van der Waals surface area contributed by atoms with Gasteiger partial charge in [-0.05, 0) is 23.8 Å². The molecule has 2 aromatic rings. The maximum atomic E-state index is 12.6. The summed E-state index contributed by atoms with van der Waals surface area (Å²) in [5.74, 6) is -0.0530. The fourth-order valence-electron chi connectivity index (χ4n) is 2.51. The van der Waals surface area contributed by atoms with E-state index in [-0.39, 0.29) is 12.0 Å². The van der Waals surface area contributed by atoms with Crippen LogP contribution in [0, 0.1) is 0 Å². The molecule has 3 rings (SSSR count). The molecular formula is C17H15Cl2NO2. The topological polar surface area (TPSA) is 29.5 Å². The van der Waals surface area contributed by atoms with Crippen LogP contribution in [0.5, 0.6) is 0 Å². The summed E-state index contributed by atoms with van der Waals surface area (Å²) in [6.07, 6.45) is -0.0957. The molecule has 0 saturated carbocycles. The number of benzene rings is 2. The van der Waals surface area contributed by atoms with Crippen molar-refractivity contribution < 1.29 is 9.53 Å². The number of carbonyl (C=O) groups is 1. The van der Waals surface area contributed by atoms with Gasteiger partial charge in [0.25, 0.3) is 5.91 Å². The molecule has 114 valence electrons. The Balaban J connectivity index is 1.76. The molecule has 0 N–H and O–H groups in total. The molecule has 1 saturated heterocycles. The highest BCUT2D eigenvalue weighted by atomic mass is 35.5. The molecule has 0 unspecified atom stereocenters. The first-order valence-electron chi connectivity index (χ1n) is 7.06.